The molecular formula is C19H18N2O4S2. The van der Waals surface area contributed by atoms with E-state index in [9.17, 15) is 13.2 Å². The van der Waals surface area contributed by atoms with Crippen LogP contribution in [0.15, 0.2) is 64.9 Å². The molecule has 0 saturated heterocycles. The Morgan fingerprint density at radius 1 is 1.11 bits per heavy atom. The Bertz CT molecular complexity index is 1030. The van der Waals surface area contributed by atoms with Gasteiger partial charge in [-0.15, -0.1) is 11.3 Å². The minimum atomic E-state index is -3.82. The number of thiazole rings is 1. The molecule has 27 heavy (non-hydrogen) atoms. The summed E-state index contributed by atoms with van der Waals surface area (Å²) in [6.07, 6.45) is 0. The lowest BCUT2D eigenvalue weighted by Gasteiger charge is -2.12. The van der Waals surface area contributed by atoms with Gasteiger partial charge in [0.2, 0.25) is 15.9 Å². The standard InChI is InChI=1S/C19H18N2O4S2/c1-13-8-10-16(11-9-13)27(23,24)21-14(2)19(22)25-17-12-26-18(20-17)15-6-4-3-5-7-15/h3-12,14,21H,1-2H3/t14-/m0/s1. The zero-order valence-corrected chi connectivity index (χ0v) is 16.4. The van der Waals surface area contributed by atoms with Gasteiger partial charge in [-0.2, -0.15) is 4.72 Å². The number of sulfonamides is 1. The van der Waals surface area contributed by atoms with Gasteiger partial charge in [0.15, 0.2) is 0 Å². The lowest BCUT2D eigenvalue weighted by Crippen LogP contribution is -2.40. The number of hydrogen-bond acceptors (Lipinski definition) is 6. The van der Waals surface area contributed by atoms with Crippen molar-refractivity contribution < 1.29 is 17.9 Å². The van der Waals surface area contributed by atoms with Crippen molar-refractivity contribution in [3.63, 3.8) is 0 Å². The molecule has 0 bridgehead atoms. The van der Waals surface area contributed by atoms with Gasteiger partial charge in [0.1, 0.15) is 11.0 Å². The highest BCUT2D eigenvalue weighted by atomic mass is 32.2. The second-order valence-corrected chi connectivity index (χ2v) is 8.51. The van der Waals surface area contributed by atoms with Crippen molar-refractivity contribution in [3.8, 4) is 16.5 Å². The average Bonchev–Trinajstić information content (AvgIpc) is 3.11. The highest BCUT2D eigenvalue weighted by Gasteiger charge is 2.24. The molecule has 1 atom stereocenters. The van der Waals surface area contributed by atoms with Crippen molar-refractivity contribution in [1.29, 1.82) is 0 Å². The van der Waals surface area contributed by atoms with E-state index in [1.807, 2.05) is 37.3 Å². The van der Waals surface area contributed by atoms with Crippen LogP contribution < -0.4 is 9.46 Å². The number of nitrogens with zero attached hydrogens (tertiary/aromatic N) is 1. The Balaban J connectivity index is 1.66. The maximum Gasteiger partial charge on any atom is 0.330 e. The summed E-state index contributed by atoms with van der Waals surface area (Å²) in [5, 5.41) is 2.33. The zero-order valence-electron chi connectivity index (χ0n) is 14.7. The van der Waals surface area contributed by atoms with Crippen molar-refractivity contribution in [2.75, 3.05) is 0 Å². The first-order chi connectivity index (χ1) is 12.8. The van der Waals surface area contributed by atoms with E-state index in [2.05, 4.69) is 9.71 Å². The monoisotopic (exact) mass is 402 g/mol. The van der Waals surface area contributed by atoms with Crippen molar-refractivity contribution >= 4 is 27.3 Å². The lowest BCUT2D eigenvalue weighted by atomic mass is 10.2. The molecule has 0 radical (unpaired) electrons. The number of carbonyl (C=O) groups excluding carboxylic acids is 1. The number of aryl methyl sites for hydroxylation is 1. The number of benzene rings is 2. The first-order valence-electron chi connectivity index (χ1n) is 8.17. The summed E-state index contributed by atoms with van der Waals surface area (Å²) in [5.41, 5.74) is 1.86. The van der Waals surface area contributed by atoms with Gasteiger partial charge in [-0.05, 0) is 26.0 Å². The molecule has 2 aromatic carbocycles. The molecule has 0 aliphatic carbocycles. The zero-order chi connectivity index (χ0) is 19.4. The van der Waals surface area contributed by atoms with E-state index in [0.29, 0.717) is 5.01 Å². The predicted molar refractivity (Wildman–Crippen MR) is 104 cm³/mol. The van der Waals surface area contributed by atoms with Crippen molar-refractivity contribution in [2.24, 2.45) is 0 Å². The fraction of sp³-hybridized carbons (Fsp3) is 0.158. The molecule has 0 aliphatic rings. The molecular weight excluding hydrogens is 384 g/mol. The summed E-state index contributed by atoms with van der Waals surface area (Å²) in [6.45, 7) is 3.29. The van der Waals surface area contributed by atoms with Gasteiger partial charge >= 0.3 is 5.97 Å². The molecule has 0 fully saturated rings. The quantitative estimate of drug-likeness (QED) is 0.639. The maximum absolute atomic E-state index is 12.4. The van der Waals surface area contributed by atoms with Crippen molar-refractivity contribution in [2.45, 2.75) is 24.8 Å². The van der Waals surface area contributed by atoms with Gasteiger partial charge in [0.05, 0.1) is 10.3 Å². The molecule has 3 rings (SSSR count). The van der Waals surface area contributed by atoms with Crippen molar-refractivity contribution in [3.05, 3.63) is 65.5 Å². The molecule has 0 saturated carbocycles. The molecule has 1 heterocycles. The van der Waals surface area contributed by atoms with E-state index in [1.165, 1.54) is 30.4 Å². The fourth-order valence-corrected chi connectivity index (χ4v) is 4.20. The summed E-state index contributed by atoms with van der Waals surface area (Å²) >= 11 is 1.34. The van der Waals surface area contributed by atoms with Gasteiger partial charge in [0, 0.05) is 5.56 Å². The summed E-state index contributed by atoms with van der Waals surface area (Å²) in [5.74, 6) is -0.583. The summed E-state index contributed by atoms with van der Waals surface area (Å²) < 4.78 is 32.3. The van der Waals surface area contributed by atoms with E-state index < -0.39 is 22.0 Å². The van der Waals surface area contributed by atoms with E-state index in [4.69, 9.17) is 4.74 Å². The van der Waals surface area contributed by atoms with Crippen LogP contribution in [0, 0.1) is 6.92 Å². The number of aromatic nitrogens is 1. The molecule has 1 N–H and O–H groups in total. The highest BCUT2D eigenvalue weighted by molar-refractivity contribution is 7.89. The second kappa shape index (κ2) is 7.99. The largest absolute Gasteiger partial charge is 0.405 e. The first kappa shape index (κ1) is 19.2. The molecule has 1 aromatic heterocycles. The molecule has 0 aliphatic heterocycles. The highest BCUT2D eigenvalue weighted by Crippen LogP contribution is 2.26. The Kier molecular flexibility index (Phi) is 5.69. The summed E-state index contributed by atoms with van der Waals surface area (Å²) in [4.78, 5) is 16.6. The second-order valence-electron chi connectivity index (χ2n) is 5.93. The average molecular weight is 402 g/mol. The van der Waals surface area contributed by atoms with Crippen LogP contribution in [-0.4, -0.2) is 25.4 Å². The smallest absolute Gasteiger partial charge is 0.330 e. The number of rotatable bonds is 6. The molecule has 6 nitrogen and oxygen atoms in total. The summed E-state index contributed by atoms with van der Waals surface area (Å²) in [6, 6.07) is 14.8. The van der Waals surface area contributed by atoms with Crippen molar-refractivity contribution in [1.82, 2.24) is 9.71 Å². The van der Waals surface area contributed by atoms with Gasteiger partial charge < -0.3 is 4.74 Å². The minimum absolute atomic E-state index is 0.0905. The van der Waals surface area contributed by atoms with Crippen LogP contribution in [0.2, 0.25) is 0 Å². The number of nitrogens with one attached hydrogen (secondary N) is 1. The predicted octanol–water partition coefficient (Wildman–Crippen LogP) is 3.39. The Morgan fingerprint density at radius 2 is 1.78 bits per heavy atom. The third-order valence-corrected chi connectivity index (χ3v) is 6.15. The Labute approximate surface area is 161 Å². The molecule has 140 valence electrons. The lowest BCUT2D eigenvalue weighted by molar-refractivity contribution is -0.136. The Hall–Kier alpha value is -2.55. The normalized spacial score (nSPS) is 12.5. The van der Waals surface area contributed by atoms with Crippen LogP contribution in [-0.2, 0) is 14.8 Å². The van der Waals surface area contributed by atoms with E-state index >= 15 is 0 Å². The molecule has 0 spiro atoms. The van der Waals surface area contributed by atoms with E-state index in [-0.39, 0.29) is 10.8 Å². The molecule has 8 heteroatoms. The number of ether oxygens (including phenoxy) is 1. The van der Waals surface area contributed by atoms with Crippen LogP contribution >= 0.6 is 11.3 Å². The first-order valence-corrected chi connectivity index (χ1v) is 10.5. The van der Waals surface area contributed by atoms with Gasteiger partial charge in [-0.1, -0.05) is 48.0 Å². The van der Waals surface area contributed by atoms with Gasteiger partial charge in [-0.3, -0.25) is 0 Å². The Morgan fingerprint density at radius 3 is 2.44 bits per heavy atom. The minimum Gasteiger partial charge on any atom is -0.405 e. The number of carbonyl (C=O) groups is 1. The number of esters is 1. The molecule has 0 unspecified atom stereocenters. The maximum atomic E-state index is 12.4. The third kappa shape index (κ3) is 4.79. The fourth-order valence-electron chi connectivity index (χ4n) is 2.28. The van der Waals surface area contributed by atoms with Gasteiger partial charge in [0.25, 0.3) is 0 Å². The van der Waals surface area contributed by atoms with E-state index in [0.717, 1.165) is 11.1 Å². The molecule has 0 amide bonds. The SMILES string of the molecule is Cc1ccc(S(=O)(=O)N[C@@H](C)C(=O)Oc2csc(-c3ccccc3)n2)cc1. The van der Waals surface area contributed by atoms with Crippen LogP contribution in [0.1, 0.15) is 12.5 Å². The van der Waals surface area contributed by atoms with Gasteiger partial charge in [-0.25, -0.2) is 18.2 Å². The van der Waals surface area contributed by atoms with E-state index in [1.54, 1.807) is 17.5 Å². The van der Waals surface area contributed by atoms with Crippen LogP contribution in [0.25, 0.3) is 10.6 Å². The summed E-state index contributed by atoms with van der Waals surface area (Å²) in [7, 11) is -3.82. The van der Waals surface area contributed by atoms with Crippen LogP contribution in [0.5, 0.6) is 5.88 Å². The molecule has 3 aromatic rings. The number of hydrogen-bond donors (Lipinski definition) is 1. The van der Waals surface area contributed by atoms with Crippen LogP contribution in [0.3, 0.4) is 0 Å². The van der Waals surface area contributed by atoms with Crippen LogP contribution in [0.4, 0.5) is 0 Å². The topological polar surface area (TPSA) is 85.4 Å². The third-order valence-electron chi connectivity index (χ3n) is 3.73.